The molecule has 2 N–H and O–H groups in total. The van der Waals surface area contributed by atoms with Gasteiger partial charge in [0, 0.05) is 5.56 Å². The van der Waals surface area contributed by atoms with Crippen LogP contribution in [0.2, 0.25) is 0 Å². The van der Waals surface area contributed by atoms with Crippen molar-refractivity contribution in [3.8, 4) is 11.8 Å². The van der Waals surface area contributed by atoms with Crippen molar-refractivity contribution in [3.05, 3.63) is 35.6 Å². The number of Topliss-reactive ketones (excluding diaryl/α,β-unsaturated/α-hetero) is 1. The zero-order valence-electron chi connectivity index (χ0n) is 10.6. The molecule has 0 aliphatic carbocycles. The topological polar surface area (TPSA) is 66.4 Å². The number of hydrogen-bond donors (Lipinski definition) is 2. The molecular weight excluding hydrogens is 249 g/mol. The lowest BCUT2D eigenvalue weighted by atomic mass is 10.00. The maximum Gasteiger partial charge on any atom is 0.405 e. The first kappa shape index (κ1) is 14.7. The maximum absolute atomic E-state index is 12.9. The predicted molar refractivity (Wildman–Crippen MR) is 68.1 cm³/mol. The van der Waals surface area contributed by atoms with Gasteiger partial charge in [0.2, 0.25) is 5.78 Å². The summed E-state index contributed by atoms with van der Waals surface area (Å²) in [5.41, 5.74) is 0.367. The van der Waals surface area contributed by atoms with E-state index in [1.54, 1.807) is 19.9 Å². The van der Waals surface area contributed by atoms with E-state index in [0.29, 0.717) is 5.56 Å². The van der Waals surface area contributed by atoms with Crippen LogP contribution in [0.5, 0.6) is 0 Å². The van der Waals surface area contributed by atoms with Crippen LogP contribution in [0.4, 0.5) is 9.18 Å². The van der Waals surface area contributed by atoms with E-state index in [1.165, 1.54) is 18.2 Å². The molecule has 1 aromatic carbocycles. The molecule has 19 heavy (non-hydrogen) atoms. The van der Waals surface area contributed by atoms with Gasteiger partial charge in [0.25, 0.3) is 0 Å². The lowest BCUT2D eigenvalue weighted by Gasteiger charge is -2.16. The van der Waals surface area contributed by atoms with Crippen molar-refractivity contribution >= 4 is 11.9 Å². The van der Waals surface area contributed by atoms with E-state index in [9.17, 15) is 14.0 Å². The Morgan fingerprint density at radius 3 is 2.58 bits per heavy atom. The SMILES string of the molecule is CC(C)C(NC(=O)O)C(=O)C#Cc1cccc(F)c1. The zero-order chi connectivity index (χ0) is 14.4. The van der Waals surface area contributed by atoms with Crippen molar-refractivity contribution in [2.24, 2.45) is 5.92 Å². The van der Waals surface area contributed by atoms with Crippen LogP contribution in [-0.2, 0) is 4.79 Å². The molecule has 0 aliphatic heterocycles. The Labute approximate surface area is 110 Å². The largest absolute Gasteiger partial charge is 0.465 e. The first-order chi connectivity index (χ1) is 8.90. The Balaban J connectivity index is 2.86. The molecule has 0 heterocycles. The molecule has 0 saturated heterocycles. The third-order valence-corrected chi connectivity index (χ3v) is 2.38. The highest BCUT2D eigenvalue weighted by Crippen LogP contribution is 2.04. The fourth-order valence-corrected chi connectivity index (χ4v) is 1.45. The highest BCUT2D eigenvalue weighted by molar-refractivity contribution is 6.01. The summed E-state index contributed by atoms with van der Waals surface area (Å²) in [6.07, 6.45) is -1.28. The second-order valence-electron chi connectivity index (χ2n) is 4.30. The van der Waals surface area contributed by atoms with Gasteiger partial charge in [-0.05, 0) is 30.0 Å². The average molecular weight is 263 g/mol. The van der Waals surface area contributed by atoms with Crippen LogP contribution in [0.25, 0.3) is 0 Å². The summed E-state index contributed by atoms with van der Waals surface area (Å²) in [7, 11) is 0. The number of carboxylic acid groups (broad SMARTS) is 1. The highest BCUT2D eigenvalue weighted by Gasteiger charge is 2.22. The highest BCUT2D eigenvalue weighted by atomic mass is 19.1. The molecule has 0 saturated carbocycles. The van der Waals surface area contributed by atoms with Gasteiger partial charge < -0.3 is 10.4 Å². The number of rotatable bonds is 3. The molecular formula is C14H14FNO3. The normalized spacial score (nSPS) is 11.4. The molecule has 4 nitrogen and oxygen atoms in total. The van der Waals surface area contributed by atoms with Crippen LogP contribution < -0.4 is 5.32 Å². The van der Waals surface area contributed by atoms with Crippen LogP contribution in [0.3, 0.4) is 0 Å². The Morgan fingerprint density at radius 2 is 2.05 bits per heavy atom. The second kappa shape index (κ2) is 6.55. The molecule has 100 valence electrons. The van der Waals surface area contributed by atoms with Gasteiger partial charge in [-0.15, -0.1) is 0 Å². The summed E-state index contributed by atoms with van der Waals surface area (Å²) in [6, 6.07) is 4.64. The van der Waals surface area contributed by atoms with Crippen molar-refractivity contribution in [3.63, 3.8) is 0 Å². The first-order valence-corrected chi connectivity index (χ1v) is 5.71. The minimum Gasteiger partial charge on any atom is -0.465 e. The van der Waals surface area contributed by atoms with Crippen LogP contribution in [-0.4, -0.2) is 23.0 Å². The predicted octanol–water partition coefficient (Wildman–Crippen LogP) is 2.04. The van der Waals surface area contributed by atoms with E-state index >= 15 is 0 Å². The van der Waals surface area contributed by atoms with Gasteiger partial charge in [0.1, 0.15) is 11.9 Å². The van der Waals surface area contributed by atoms with Gasteiger partial charge >= 0.3 is 6.09 Å². The number of carbonyl (C=O) groups excluding carboxylic acids is 1. The average Bonchev–Trinajstić information content (AvgIpc) is 2.32. The van der Waals surface area contributed by atoms with Crippen LogP contribution >= 0.6 is 0 Å². The maximum atomic E-state index is 12.9. The molecule has 0 spiro atoms. The standard InChI is InChI=1S/C14H14FNO3/c1-9(2)13(16-14(18)19)12(17)7-6-10-4-3-5-11(15)8-10/h3-5,8-9,13,16H,1-2H3,(H,18,19). The Bertz CT molecular complexity index is 543. The third kappa shape index (κ3) is 4.80. The minimum atomic E-state index is -1.28. The summed E-state index contributed by atoms with van der Waals surface area (Å²) in [5.74, 6) is 3.65. The van der Waals surface area contributed by atoms with E-state index in [-0.39, 0.29) is 5.92 Å². The third-order valence-electron chi connectivity index (χ3n) is 2.38. The van der Waals surface area contributed by atoms with Crippen LogP contribution in [0.1, 0.15) is 19.4 Å². The summed E-state index contributed by atoms with van der Waals surface area (Å²) < 4.78 is 12.9. The smallest absolute Gasteiger partial charge is 0.405 e. The lowest BCUT2D eigenvalue weighted by Crippen LogP contribution is -2.43. The fourth-order valence-electron chi connectivity index (χ4n) is 1.45. The van der Waals surface area contributed by atoms with Crippen LogP contribution in [0.15, 0.2) is 24.3 Å². The van der Waals surface area contributed by atoms with Gasteiger partial charge in [-0.2, -0.15) is 0 Å². The van der Waals surface area contributed by atoms with Gasteiger partial charge in [-0.1, -0.05) is 25.8 Å². The Hall–Kier alpha value is -2.35. The number of ketones is 1. The molecule has 1 atom stereocenters. The summed E-state index contributed by atoms with van der Waals surface area (Å²) in [6.45, 7) is 3.42. The monoisotopic (exact) mass is 263 g/mol. The molecule has 1 aromatic rings. The minimum absolute atomic E-state index is 0.217. The van der Waals surface area contributed by atoms with E-state index < -0.39 is 23.7 Å². The van der Waals surface area contributed by atoms with Crippen molar-refractivity contribution in [1.29, 1.82) is 0 Å². The first-order valence-electron chi connectivity index (χ1n) is 5.71. The quantitative estimate of drug-likeness (QED) is 0.820. The number of hydrogen-bond acceptors (Lipinski definition) is 2. The number of benzene rings is 1. The van der Waals surface area contributed by atoms with Crippen LogP contribution in [0, 0.1) is 23.6 Å². The summed E-state index contributed by atoms with van der Waals surface area (Å²) in [4.78, 5) is 22.4. The van der Waals surface area contributed by atoms with E-state index in [1.807, 2.05) is 0 Å². The van der Waals surface area contributed by atoms with E-state index in [0.717, 1.165) is 0 Å². The molecule has 0 fully saturated rings. The fraction of sp³-hybridized carbons (Fsp3) is 0.286. The molecule has 5 heteroatoms. The Morgan fingerprint density at radius 1 is 1.37 bits per heavy atom. The van der Waals surface area contributed by atoms with Crippen molar-refractivity contribution in [2.75, 3.05) is 0 Å². The van der Waals surface area contributed by atoms with E-state index in [4.69, 9.17) is 5.11 Å². The van der Waals surface area contributed by atoms with Crippen molar-refractivity contribution < 1.29 is 19.1 Å². The molecule has 1 amide bonds. The van der Waals surface area contributed by atoms with Gasteiger partial charge in [0.05, 0.1) is 0 Å². The number of nitrogens with one attached hydrogen (secondary N) is 1. The summed E-state index contributed by atoms with van der Waals surface area (Å²) >= 11 is 0. The van der Waals surface area contributed by atoms with Gasteiger partial charge in [-0.3, -0.25) is 4.79 Å². The lowest BCUT2D eigenvalue weighted by molar-refractivity contribution is -0.116. The molecule has 0 radical (unpaired) electrons. The zero-order valence-corrected chi connectivity index (χ0v) is 10.6. The Kier molecular flexibility index (Phi) is 5.07. The molecule has 0 aliphatic rings. The van der Waals surface area contributed by atoms with Crippen molar-refractivity contribution in [1.82, 2.24) is 5.32 Å². The molecule has 0 bridgehead atoms. The van der Waals surface area contributed by atoms with Crippen molar-refractivity contribution in [2.45, 2.75) is 19.9 Å². The number of amides is 1. The molecule has 0 aromatic heterocycles. The van der Waals surface area contributed by atoms with E-state index in [2.05, 4.69) is 17.2 Å². The summed E-state index contributed by atoms with van der Waals surface area (Å²) in [5, 5.41) is 10.8. The van der Waals surface area contributed by atoms with Gasteiger partial charge in [0.15, 0.2) is 0 Å². The second-order valence-corrected chi connectivity index (χ2v) is 4.30. The molecule has 1 unspecified atom stereocenters. The van der Waals surface area contributed by atoms with Gasteiger partial charge in [-0.25, -0.2) is 9.18 Å². The number of carbonyl (C=O) groups is 2. The number of halogens is 1. The molecule has 1 rings (SSSR count).